The van der Waals surface area contributed by atoms with Gasteiger partial charge in [0.15, 0.2) is 0 Å². The van der Waals surface area contributed by atoms with Crippen LogP contribution in [0.5, 0.6) is 5.75 Å². The fourth-order valence-electron chi connectivity index (χ4n) is 2.80. The second-order valence-corrected chi connectivity index (χ2v) is 5.86. The van der Waals surface area contributed by atoms with Crippen molar-refractivity contribution in [1.29, 1.82) is 0 Å². The summed E-state index contributed by atoms with van der Waals surface area (Å²) in [5, 5.41) is 6.68. The van der Waals surface area contributed by atoms with Crippen LogP contribution in [0.2, 0.25) is 0 Å². The lowest BCUT2D eigenvalue weighted by atomic mass is 10.1. The van der Waals surface area contributed by atoms with Gasteiger partial charge in [0.2, 0.25) is 0 Å². The molecule has 4 rings (SSSR count). The molecule has 2 aromatic carbocycles. The number of nitrogens with zero attached hydrogens (tertiary/aromatic N) is 1. The molecule has 0 spiro atoms. The van der Waals surface area contributed by atoms with Crippen LogP contribution in [0.3, 0.4) is 0 Å². The third kappa shape index (κ3) is 3.29. The third-order valence-electron chi connectivity index (χ3n) is 4.08. The molecule has 1 aliphatic heterocycles. The van der Waals surface area contributed by atoms with Crippen molar-refractivity contribution in [1.82, 2.24) is 10.3 Å². The van der Waals surface area contributed by atoms with Crippen molar-refractivity contribution in [2.75, 3.05) is 18.5 Å². The summed E-state index contributed by atoms with van der Waals surface area (Å²) in [4.78, 5) is 16.7. The lowest BCUT2D eigenvalue weighted by Gasteiger charge is -2.10. The Balaban J connectivity index is 1.58. The van der Waals surface area contributed by atoms with Crippen molar-refractivity contribution in [3.05, 3.63) is 65.6 Å². The van der Waals surface area contributed by atoms with Gasteiger partial charge in [0.1, 0.15) is 18.2 Å². The monoisotopic (exact) mass is 337 g/mol. The molecule has 0 fully saturated rings. The zero-order valence-corrected chi connectivity index (χ0v) is 13.4. The smallest absolute Gasteiger partial charge is 0.257 e. The highest BCUT2D eigenvalue weighted by molar-refractivity contribution is 6.05. The number of carbonyl (C=O) groups excluding carboxylic acids is 1. The number of pyridine rings is 1. The molecule has 6 heteroatoms. The second kappa shape index (κ2) is 6.49. The van der Waals surface area contributed by atoms with Gasteiger partial charge in [-0.3, -0.25) is 9.78 Å². The summed E-state index contributed by atoms with van der Waals surface area (Å²) < 4.78 is 19.0. The molecule has 3 aromatic rings. The van der Waals surface area contributed by atoms with Crippen LogP contribution in [-0.4, -0.2) is 24.0 Å². The molecule has 25 heavy (non-hydrogen) atoms. The number of ether oxygens (including phenoxy) is 1. The summed E-state index contributed by atoms with van der Waals surface area (Å²) in [5.74, 6) is 0.107. The van der Waals surface area contributed by atoms with Crippen molar-refractivity contribution >= 4 is 22.5 Å². The molecule has 126 valence electrons. The van der Waals surface area contributed by atoms with Gasteiger partial charge in [-0.15, -0.1) is 0 Å². The summed E-state index contributed by atoms with van der Waals surface area (Å²) >= 11 is 0. The number of nitrogens with one attached hydrogen (secondary N) is 2. The number of rotatable bonds is 2. The number of halogens is 1. The Bertz CT molecular complexity index is 959. The lowest BCUT2D eigenvalue weighted by Crippen LogP contribution is -2.16. The Morgan fingerprint density at radius 2 is 2.12 bits per heavy atom. The molecular formula is C19H16FN3O2. The largest absolute Gasteiger partial charge is 0.492 e. The molecule has 2 N–H and O–H groups in total. The van der Waals surface area contributed by atoms with Crippen LogP contribution >= 0.6 is 0 Å². The minimum Gasteiger partial charge on any atom is -0.492 e. The van der Waals surface area contributed by atoms with Gasteiger partial charge in [0.05, 0.1) is 11.1 Å². The summed E-state index contributed by atoms with van der Waals surface area (Å²) in [7, 11) is 0. The van der Waals surface area contributed by atoms with Crippen LogP contribution in [0.4, 0.5) is 10.1 Å². The number of anilines is 1. The number of carbonyl (C=O) groups is 1. The van der Waals surface area contributed by atoms with E-state index in [1.165, 1.54) is 18.3 Å². The first-order chi connectivity index (χ1) is 12.2. The van der Waals surface area contributed by atoms with E-state index >= 15 is 0 Å². The fraction of sp³-hybridized carbons (Fsp3) is 0.158. The Labute approximate surface area is 143 Å². The topological polar surface area (TPSA) is 63.2 Å². The highest BCUT2D eigenvalue weighted by Crippen LogP contribution is 2.25. The molecule has 1 amide bonds. The Morgan fingerprint density at radius 1 is 1.20 bits per heavy atom. The molecule has 2 heterocycles. The van der Waals surface area contributed by atoms with Crippen LogP contribution < -0.4 is 15.4 Å². The SMILES string of the molecule is O=C(Nc1ccc2c(c1)OCCNC2)c1cnc2ccc(F)cc2c1. The first kappa shape index (κ1) is 15.5. The Kier molecular flexibility index (Phi) is 4.03. The minimum atomic E-state index is -0.358. The number of hydrogen-bond donors (Lipinski definition) is 2. The van der Waals surface area contributed by atoms with Gasteiger partial charge < -0.3 is 15.4 Å². The van der Waals surface area contributed by atoms with Gasteiger partial charge in [0.25, 0.3) is 5.91 Å². The average Bonchev–Trinajstić information content (AvgIpc) is 2.86. The highest BCUT2D eigenvalue weighted by Gasteiger charge is 2.12. The van der Waals surface area contributed by atoms with Crippen LogP contribution in [0.25, 0.3) is 10.9 Å². The summed E-state index contributed by atoms with van der Waals surface area (Å²) in [6.07, 6.45) is 1.49. The predicted molar refractivity (Wildman–Crippen MR) is 93.3 cm³/mol. The maximum atomic E-state index is 13.4. The fourth-order valence-corrected chi connectivity index (χ4v) is 2.80. The van der Waals surface area contributed by atoms with Crippen LogP contribution in [0, 0.1) is 5.82 Å². The normalized spacial score (nSPS) is 13.6. The van der Waals surface area contributed by atoms with Crippen molar-refractivity contribution in [2.45, 2.75) is 6.54 Å². The van der Waals surface area contributed by atoms with E-state index in [1.54, 1.807) is 12.1 Å². The molecule has 0 saturated carbocycles. The van der Waals surface area contributed by atoms with E-state index in [2.05, 4.69) is 15.6 Å². The van der Waals surface area contributed by atoms with E-state index in [1.807, 2.05) is 18.2 Å². The summed E-state index contributed by atoms with van der Waals surface area (Å²) in [5.41, 5.74) is 2.71. The van der Waals surface area contributed by atoms with Crippen molar-refractivity contribution in [3.63, 3.8) is 0 Å². The maximum absolute atomic E-state index is 13.4. The number of amides is 1. The number of hydrogen-bond acceptors (Lipinski definition) is 4. The summed E-state index contributed by atoms with van der Waals surface area (Å²) in [6, 6.07) is 11.5. The minimum absolute atomic E-state index is 0.301. The van der Waals surface area contributed by atoms with Crippen LogP contribution in [0.1, 0.15) is 15.9 Å². The highest BCUT2D eigenvalue weighted by atomic mass is 19.1. The number of benzene rings is 2. The third-order valence-corrected chi connectivity index (χ3v) is 4.08. The van der Waals surface area contributed by atoms with Crippen LogP contribution in [0.15, 0.2) is 48.7 Å². The second-order valence-electron chi connectivity index (χ2n) is 5.86. The molecule has 0 radical (unpaired) electrons. The quantitative estimate of drug-likeness (QED) is 0.754. The van der Waals surface area contributed by atoms with Gasteiger partial charge in [-0.1, -0.05) is 6.07 Å². The number of aromatic nitrogens is 1. The van der Waals surface area contributed by atoms with E-state index < -0.39 is 0 Å². The Morgan fingerprint density at radius 3 is 3.04 bits per heavy atom. The molecule has 1 aromatic heterocycles. The van der Waals surface area contributed by atoms with Gasteiger partial charge in [-0.2, -0.15) is 0 Å². The average molecular weight is 337 g/mol. The van der Waals surface area contributed by atoms with Crippen molar-refractivity contribution in [3.8, 4) is 5.75 Å². The molecule has 0 atom stereocenters. The van der Waals surface area contributed by atoms with Crippen molar-refractivity contribution < 1.29 is 13.9 Å². The first-order valence-corrected chi connectivity index (χ1v) is 8.02. The van der Waals surface area contributed by atoms with E-state index in [0.29, 0.717) is 28.8 Å². The van der Waals surface area contributed by atoms with E-state index in [-0.39, 0.29) is 11.7 Å². The molecular weight excluding hydrogens is 321 g/mol. The lowest BCUT2D eigenvalue weighted by molar-refractivity contribution is 0.102. The zero-order chi connectivity index (χ0) is 17.2. The molecule has 0 unspecified atom stereocenters. The molecule has 0 bridgehead atoms. The standard InChI is InChI=1S/C19H16FN3O2/c20-15-2-4-17-13(8-15)7-14(11-22-17)19(24)23-16-3-1-12-10-21-5-6-25-18(12)9-16/h1-4,7-9,11,21H,5-6,10H2,(H,23,24). The molecule has 5 nitrogen and oxygen atoms in total. The van der Waals surface area contributed by atoms with Crippen molar-refractivity contribution in [2.24, 2.45) is 0 Å². The van der Waals surface area contributed by atoms with Gasteiger partial charge in [-0.05, 0) is 30.3 Å². The number of fused-ring (bicyclic) bond motifs is 2. The first-order valence-electron chi connectivity index (χ1n) is 8.02. The molecule has 0 saturated heterocycles. The van der Waals surface area contributed by atoms with Gasteiger partial charge in [0, 0.05) is 42.0 Å². The molecule has 0 aliphatic carbocycles. The van der Waals surface area contributed by atoms with Gasteiger partial charge in [-0.25, -0.2) is 4.39 Å². The van der Waals surface area contributed by atoms with E-state index in [4.69, 9.17) is 4.74 Å². The Hall–Kier alpha value is -2.99. The molecule has 1 aliphatic rings. The predicted octanol–water partition coefficient (Wildman–Crippen LogP) is 3.11. The van der Waals surface area contributed by atoms with Crippen LogP contribution in [-0.2, 0) is 6.54 Å². The zero-order valence-electron chi connectivity index (χ0n) is 13.4. The van der Waals surface area contributed by atoms with E-state index in [9.17, 15) is 9.18 Å². The van der Waals surface area contributed by atoms with Gasteiger partial charge >= 0.3 is 0 Å². The maximum Gasteiger partial charge on any atom is 0.257 e. The summed E-state index contributed by atoms with van der Waals surface area (Å²) in [6.45, 7) is 2.12. The van der Waals surface area contributed by atoms with E-state index in [0.717, 1.165) is 24.4 Å².